The molecule has 2 atom stereocenters. The second kappa shape index (κ2) is 3.01. The van der Waals surface area contributed by atoms with Crippen molar-refractivity contribution in [1.29, 1.82) is 0 Å². The van der Waals surface area contributed by atoms with E-state index >= 15 is 0 Å². The maximum absolute atomic E-state index is 10.3. The van der Waals surface area contributed by atoms with Crippen LogP contribution in [0, 0.1) is 0 Å². The van der Waals surface area contributed by atoms with E-state index < -0.39 is 11.9 Å². The average Bonchev–Trinajstić information content (AvgIpc) is 3.05. The first-order valence-corrected chi connectivity index (χ1v) is 5.82. The quantitative estimate of drug-likeness (QED) is 0.426. The normalized spacial score (nSPS) is 27.6. The number of hydrogen-bond acceptors (Lipinski definition) is 5. The third-order valence-electron chi connectivity index (χ3n) is 3.72. The van der Waals surface area contributed by atoms with Gasteiger partial charge in [0.25, 0.3) is 0 Å². The molecule has 2 aromatic rings. The lowest BCUT2D eigenvalue weighted by Gasteiger charge is -2.20. The molecule has 1 fully saturated rings. The lowest BCUT2D eigenvalue weighted by molar-refractivity contribution is 0.0307. The number of phenolic OH excluding ortho intramolecular Hbond substituents is 2. The Balaban J connectivity index is 2.22. The molecule has 1 heterocycles. The molecule has 96 valence electrons. The number of hydrogen-bond donors (Lipinski definition) is 4. The van der Waals surface area contributed by atoms with Gasteiger partial charge in [0.2, 0.25) is 5.79 Å². The molecule has 1 aliphatic carbocycles. The fourth-order valence-electron chi connectivity index (χ4n) is 2.73. The number of epoxide rings is 1. The van der Waals surface area contributed by atoms with Gasteiger partial charge in [0.1, 0.15) is 23.4 Å². The molecule has 5 nitrogen and oxygen atoms in total. The number of fused-ring (bicyclic) bond motifs is 4. The smallest absolute Gasteiger partial charge is 0.229 e. The van der Waals surface area contributed by atoms with Crippen molar-refractivity contribution in [3.05, 3.63) is 41.5 Å². The highest BCUT2D eigenvalue weighted by Gasteiger charge is 2.61. The molecular formula is C14H10O5. The Morgan fingerprint density at radius 3 is 2.32 bits per heavy atom. The van der Waals surface area contributed by atoms with Gasteiger partial charge in [-0.15, -0.1) is 0 Å². The van der Waals surface area contributed by atoms with Gasteiger partial charge in [-0.25, -0.2) is 0 Å². The van der Waals surface area contributed by atoms with Crippen LogP contribution in [-0.4, -0.2) is 26.5 Å². The monoisotopic (exact) mass is 258 g/mol. The van der Waals surface area contributed by atoms with E-state index in [-0.39, 0.29) is 28.4 Å². The summed E-state index contributed by atoms with van der Waals surface area (Å²) in [5.74, 6) is -2.24. The summed E-state index contributed by atoms with van der Waals surface area (Å²) >= 11 is 0. The van der Waals surface area contributed by atoms with Crippen molar-refractivity contribution in [2.45, 2.75) is 11.9 Å². The Bertz CT molecular complexity index is 764. The van der Waals surface area contributed by atoms with E-state index in [1.54, 1.807) is 24.3 Å². The maximum atomic E-state index is 10.3. The topological polar surface area (TPSA) is 93.5 Å². The molecule has 19 heavy (non-hydrogen) atoms. The summed E-state index contributed by atoms with van der Waals surface area (Å²) in [6, 6.07) is 6.67. The Kier molecular flexibility index (Phi) is 1.69. The van der Waals surface area contributed by atoms with Gasteiger partial charge in [0, 0.05) is 10.8 Å². The lowest BCUT2D eigenvalue weighted by atomic mass is 9.88. The zero-order chi connectivity index (χ0) is 13.4. The zero-order valence-electron chi connectivity index (χ0n) is 9.66. The average molecular weight is 258 g/mol. The standard InChI is InChI=1S/C14H10O5/c15-8-5-9-14(18,19-9)11-10(8)12(16)6-3-1-2-4-7(6)13(11)17/h1-5,9,15-18H. The predicted molar refractivity (Wildman–Crippen MR) is 66.7 cm³/mol. The first-order chi connectivity index (χ1) is 9.04. The minimum Gasteiger partial charge on any atom is -0.507 e. The molecule has 0 radical (unpaired) electrons. The molecule has 4 N–H and O–H groups in total. The number of aliphatic hydroxyl groups is 2. The van der Waals surface area contributed by atoms with Crippen LogP contribution >= 0.6 is 0 Å². The molecule has 4 rings (SSSR count). The predicted octanol–water partition coefficient (Wildman–Crippen LogP) is 1.71. The summed E-state index contributed by atoms with van der Waals surface area (Å²) in [6.45, 7) is 0. The van der Waals surface area contributed by atoms with Crippen LogP contribution in [0.5, 0.6) is 11.5 Å². The molecule has 1 saturated heterocycles. The second-order valence-corrected chi connectivity index (χ2v) is 4.78. The molecule has 0 spiro atoms. The third kappa shape index (κ3) is 1.11. The minimum absolute atomic E-state index is 0.0208. The largest absolute Gasteiger partial charge is 0.507 e. The summed E-state index contributed by atoms with van der Waals surface area (Å²) in [7, 11) is 0. The first-order valence-electron chi connectivity index (χ1n) is 5.82. The van der Waals surface area contributed by atoms with Crippen LogP contribution in [0.2, 0.25) is 0 Å². The van der Waals surface area contributed by atoms with Gasteiger partial charge in [-0.2, -0.15) is 0 Å². The fraction of sp³-hybridized carbons (Fsp3) is 0.143. The van der Waals surface area contributed by atoms with Gasteiger partial charge in [0.15, 0.2) is 0 Å². The van der Waals surface area contributed by atoms with Gasteiger partial charge >= 0.3 is 0 Å². The van der Waals surface area contributed by atoms with Crippen LogP contribution < -0.4 is 0 Å². The van der Waals surface area contributed by atoms with Crippen LogP contribution in [0.4, 0.5) is 0 Å². The molecule has 2 aromatic carbocycles. The summed E-state index contributed by atoms with van der Waals surface area (Å²) < 4.78 is 5.09. The maximum Gasteiger partial charge on any atom is 0.229 e. The first kappa shape index (κ1) is 10.7. The number of phenols is 2. The molecule has 0 bridgehead atoms. The molecular weight excluding hydrogens is 248 g/mol. The minimum atomic E-state index is -1.66. The Morgan fingerprint density at radius 1 is 1.00 bits per heavy atom. The number of benzene rings is 2. The van der Waals surface area contributed by atoms with Crippen LogP contribution in [-0.2, 0) is 10.5 Å². The van der Waals surface area contributed by atoms with Gasteiger partial charge in [-0.05, 0) is 6.08 Å². The van der Waals surface area contributed by atoms with Crippen molar-refractivity contribution in [2.75, 3.05) is 0 Å². The van der Waals surface area contributed by atoms with Gasteiger partial charge in [0.05, 0.1) is 11.1 Å². The van der Waals surface area contributed by atoms with Crippen LogP contribution in [0.25, 0.3) is 16.5 Å². The van der Waals surface area contributed by atoms with E-state index in [4.69, 9.17) is 4.74 Å². The number of aromatic hydroxyl groups is 2. The van der Waals surface area contributed by atoms with Crippen molar-refractivity contribution in [3.63, 3.8) is 0 Å². The van der Waals surface area contributed by atoms with E-state index in [2.05, 4.69) is 0 Å². The van der Waals surface area contributed by atoms with Gasteiger partial charge < -0.3 is 25.2 Å². The van der Waals surface area contributed by atoms with Crippen molar-refractivity contribution in [1.82, 2.24) is 0 Å². The molecule has 0 amide bonds. The molecule has 1 aliphatic heterocycles. The van der Waals surface area contributed by atoms with Crippen LogP contribution in [0.1, 0.15) is 11.1 Å². The number of ether oxygens (including phenoxy) is 1. The summed E-state index contributed by atoms with van der Waals surface area (Å²) in [5.41, 5.74) is 0.0427. The van der Waals surface area contributed by atoms with Gasteiger partial charge in [-0.3, -0.25) is 0 Å². The lowest BCUT2D eigenvalue weighted by Crippen LogP contribution is -2.18. The molecule has 5 heteroatoms. The third-order valence-corrected chi connectivity index (χ3v) is 3.72. The summed E-state index contributed by atoms with van der Waals surface area (Å²) in [5, 5.41) is 41.5. The molecule has 2 aliphatic rings. The van der Waals surface area contributed by atoms with E-state index in [1.807, 2.05) is 0 Å². The van der Waals surface area contributed by atoms with E-state index in [0.717, 1.165) is 0 Å². The molecule has 2 unspecified atom stereocenters. The SMILES string of the molecule is OC1=CC2OC2(O)c2c1c(O)c1ccccc1c2O. The highest BCUT2D eigenvalue weighted by Crippen LogP contribution is 2.57. The van der Waals surface area contributed by atoms with Crippen LogP contribution in [0.15, 0.2) is 30.3 Å². The highest BCUT2D eigenvalue weighted by molar-refractivity contribution is 5.99. The summed E-state index contributed by atoms with van der Waals surface area (Å²) in [4.78, 5) is 0. The Hall–Kier alpha value is -2.24. The van der Waals surface area contributed by atoms with E-state index in [0.29, 0.717) is 10.8 Å². The number of aliphatic hydroxyl groups excluding tert-OH is 1. The zero-order valence-corrected chi connectivity index (χ0v) is 9.66. The van der Waals surface area contributed by atoms with Crippen LogP contribution in [0.3, 0.4) is 0 Å². The highest BCUT2D eigenvalue weighted by atomic mass is 16.7. The van der Waals surface area contributed by atoms with Gasteiger partial charge in [-0.1, -0.05) is 24.3 Å². The van der Waals surface area contributed by atoms with E-state index in [1.165, 1.54) is 6.08 Å². The Labute approximate surface area is 107 Å². The second-order valence-electron chi connectivity index (χ2n) is 4.78. The summed E-state index contributed by atoms with van der Waals surface area (Å²) in [6.07, 6.45) is 0.627. The van der Waals surface area contributed by atoms with Crippen molar-refractivity contribution in [3.8, 4) is 11.5 Å². The van der Waals surface area contributed by atoms with Crippen molar-refractivity contribution < 1.29 is 25.2 Å². The number of rotatable bonds is 0. The molecule has 0 aromatic heterocycles. The van der Waals surface area contributed by atoms with E-state index in [9.17, 15) is 20.4 Å². The van der Waals surface area contributed by atoms with Crippen molar-refractivity contribution in [2.24, 2.45) is 0 Å². The molecule has 0 saturated carbocycles. The Morgan fingerprint density at radius 2 is 1.63 bits per heavy atom. The fourth-order valence-corrected chi connectivity index (χ4v) is 2.73. The van der Waals surface area contributed by atoms with Crippen molar-refractivity contribution >= 4 is 16.5 Å².